The smallest absolute Gasteiger partial charge is 0.0541 e. The Morgan fingerprint density at radius 2 is 0.959 bits per heavy atom. The van der Waals surface area contributed by atoms with Crippen molar-refractivity contribution in [2.24, 2.45) is 0 Å². The molecule has 0 saturated carbocycles. The SMILES string of the molecule is c1ccc2c(c1)Cc1c-2cccc1-n1c2ccccc2c2cc(-c3ccc4c(c3)c3ccccc3n4-c3ccc4ccccc4c3)ccc21. The highest BCUT2D eigenvalue weighted by Crippen LogP contribution is 2.43. The van der Waals surface area contributed by atoms with Crippen molar-refractivity contribution in [2.75, 3.05) is 0 Å². The lowest BCUT2D eigenvalue weighted by Gasteiger charge is -2.13. The second-order valence-electron chi connectivity index (χ2n) is 13.3. The highest BCUT2D eigenvalue weighted by Gasteiger charge is 2.23. The van der Waals surface area contributed by atoms with Gasteiger partial charge in [-0.25, -0.2) is 0 Å². The van der Waals surface area contributed by atoms with E-state index in [1.807, 2.05) is 0 Å². The van der Waals surface area contributed by atoms with Gasteiger partial charge in [0.2, 0.25) is 0 Å². The van der Waals surface area contributed by atoms with Crippen LogP contribution in [0.5, 0.6) is 0 Å². The van der Waals surface area contributed by atoms with Crippen molar-refractivity contribution in [3.8, 4) is 33.6 Å². The van der Waals surface area contributed by atoms with Crippen molar-refractivity contribution in [2.45, 2.75) is 6.42 Å². The van der Waals surface area contributed by atoms with Crippen molar-refractivity contribution >= 4 is 54.4 Å². The largest absolute Gasteiger partial charge is 0.309 e. The molecule has 8 aromatic carbocycles. The van der Waals surface area contributed by atoms with Crippen LogP contribution in [0.15, 0.2) is 170 Å². The minimum Gasteiger partial charge on any atom is -0.309 e. The summed E-state index contributed by atoms with van der Waals surface area (Å²) in [7, 11) is 0. The molecule has 11 rings (SSSR count). The Balaban J connectivity index is 1.09. The van der Waals surface area contributed by atoms with E-state index in [4.69, 9.17) is 0 Å². The zero-order chi connectivity index (χ0) is 32.1. The van der Waals surface area contributed by atoms with Crippen LogP contribution >= 0.6 is 0 Å². The summed E-state index contributed by atoms with van der Waals surface area (Å²) in [5.74, 6) is 0. The first kappa shape index (κ1) is 26.7. The van der Waals surface area contributed by atoms with Gasteiger partial charge in [0.25, 0.3) is 0 Å². The Morgan fingerprint density at radius 1 is 0.367 bits per heavy atom. The van der Waals surface area contributed by atoms with Crippen molar-refractivity contribution in [1.29, 1.82) is 0 Å². The summed E-state index contributed by atoms with van der Waals surface area (Å²) >= 11 is 0. The maximum Gasteiger partial charge on any atom is 0.0541 e. The summed E-state index contributed by atoms with van der Waals surface area (Å²) in [5, 5.41) is 7.60. The highest BCUT2D eigenvalue weighted by molar-refractivity contribution is 6.13. The van der Waals surface area contributed by atoms with Gasteiger partial charge in [0.1, 0.15) is 0 Å². The molecule has 0 saturated heterocycles. The molecule has 0 bridgehead atoms. The number of rotatable bonds is 3. The average Bonchev–Trinajstić information content (AvgIpc) is 3.82. The van der Waals surface area contributed by atoms with E-state index in [1.165, 1.54) is 99.1 Å². The Kier molecular flexibility index (Phi) is 5.47. The fourth-order valence-electron chi connectivity index (χ4n) is 8.51. The van der Waals surface area contributed by atoms with Crippen molar-refractivity contribution < 1.29 is 0 Å². The summed E-state index contributed by atoms with van der Waals surface area (Å²) in [6.45, 7) is 0. The van der Waals surface area contributed by atoms with Crippen LogP contribution < -0.4 is 0 Å². The van der Waals surface area contributed by atoms with Gasteiger partial charge in [-0.1, -0.05) is 115 Å². The molecule has 0 unspecified atom stereocenters. The second kappa shape index (κ2) is 10.1. The Labute approximate surface area is 283 Å². The van der Waals surface area contributed by atoms with Crippen molar-refractivity contribution in [3.05, 3.63) is 181 Å². The third kappa shape index (κ3) is 3.83. The van der Waals surface area contributed by atoms with Gasteiger partial charge in [-0.05, 0) is 98.8 Å². The fraction of sp³-hybridized carbons (Fsp3) is 0.0213. The van der Waals surface area contributed by atoms with Gasteiger partial charge in [-0.15, -0.1) is 0 Å². The molecule has 2 aromatic heterocycles. The highest BCUT2D eigenvalue weighted by atomic mass is 15.0. The molecule has 2 heteroatoms. The third-order valence-electron chi connectivity index (χ3n) is 10.7. The zero-order valence-electron chi connectivity index (χ0n) is 26.8. The molecule has 10 aromatic rings. The van der Waals surface area contributed by atoms with Crippen LogP contribution in [-0.4, -0.2) is 9.13 Å². The van der Waals surface area contributed by atoms with Crippen LogP contribution in [-0.2, 0) is 6.42 Å². The lowest BCUT2D eigenvalue weighted by atomic mass is 10.0. The van der Waals surface area contributed by atoms with Crippen LogP contribution in [0, 0.1) is 0 Å². The predicted octanol–water partition coefficient (Wildman–Crippen LogP) is 12.3. The van der Waals surface area contributed by atoms with E-state index in [0.717, 1.165) is 6.42 Å². The fourth-order valence-corrected chi connectivity index (χ4v) is 8.51. The monoisotopic (exact) mass is 622 g/mol. The molecule has 2 nitrogen and oxygen atoms in total. The van der Waals surface area contributed by atoms with Crippen LogP contribution in [0.1, 0.15) is 11.1 Å². The Morgan fingerprint density at radius 3 is 1.73 bits per heavy atom. The lowest BCUT2D eigenvalue weighted by molar-refractivity contribution is 1.12. The van der Waals surface area contributed by atoms with E-state index < -0.39 is 0 Å². The molecule has 49 heavy (non-hydrogen) atoms. The van der Waals surface area contributed by atoms with E-state index >= 15 is 0 Å². The summed E-state index contributed by atoms with van der Waals surface area (Å²) in [6, 6.07) is 62.7. The molecule has 1 aliphatic carbocycles. The van der Waals surface area contributed by atoms with Gasteiger partial charge in [0.05, 0.1) is 27.8 Å². The number of benzene rings is 8. The van der Waals surface area contributed by atoms with Gasteiger partial charge in [-0.3, -0.25) is 0 Å². The van der Waals surface area contributed by atoms with Gasteiger partial charge in [-0.2, -0.15) is 0 Å². The molecule has 2 heterocycles. The molecule has 0 amide bonds. The van der Waals surface area contributed by atoms with E-state index in [1.54, 1.807) is 0 Å². The van der Waals surface area contributed by atoms with Crippen LogP contribution in [0.4, 0.5) is 0 Å². The molecular weight excluding hydrogens is 593 g/mol. The topological polar surface area (TPSA) is 9.86 Å². The molecule has 228 valence electrons. The molecule has 0 spiro atoms. The van der Waals surface area contributed by atoms with E-state index in [2.05, 4.69) is 179 Å². The van der Waals surface area contributed by atoms with Gasteiger partial charge >= 0.3 is 0 Å². The number of hydrogen-bond donors (Lipinski definition) is 0. The van der Waals surface area contributed by atoms with Gasteiger partial charge in [0.15, 0.2) is 0 Å². The average molecular weight is 623 g/mol. The predicted molar refractivity (Wildman–Crippen MR) is 206 cm³/mol. The summed E-state index contributed by atoms with van der Waals surface area (Å²) < 4.78 is 4.90. The maximum atomic E-state index is 2.49. The molecule has 0 N–H and O–H groups in total. The number of nitrogens with zero attached hydrogens (tertiary/aromatic N) is 2. The number of aromatic nitrogens is 2. The minimum atomic E-state index is 0.959. The van der Waals surface area contributed by atoms with Crippen LogP contribution in [0.3, 0.4) is 0 Å². The van der Waals surface area contributed by atoms with Crippen molar-refractivity contribution in [3.63, 3.8) is 0 Å². The summed E-state index contributed by atoms with van der Waals surface area (Å²) in [4.78, 5) is 0. The van der Waals surface area contributed by atoms with Gasteiger partial charge in [0, 0.05) is 33.7 Å². The van der Waals surface area contributed by atoms with E-state index in [9.17, 15) is 0 Å². The third-order valence-corrected chi connectivity index (χ3v) is 10.7. The zero-order valence-corrected chi connectivity index (χ0v) is 26.8. The standard InChI is InChI=1S/C47H30N2/c1-2-11-31-26-35(23-20-30(31)10-1)48-43-17-7-5-14-38(43)41-27-32(21-24-46(41)48)33-22-25-47-42(28-33)39-15-6-8-18-44(39)49(47)45-19-9-16-37-36-13-4-3-12-34(36)29-40(37)45/h1-28H,29H2. The molecule has 0 radical (unpaired) electrons. The number of hydrogen-bond acceptors (Lipinski definition) is 0. The second-order valence-corrected chi connectivity index (χ2v) is 13.3. The number of fused-ring (bicyclic) bond motifs is 10. The first-order chi connectivity index (χ1) is 24.3. The van der Waals surface area contributed by atoms with Crippen molar-refractivity contribution in [1.82, 2.24) is 9.13 Å². The Bertz CT molecular complexity index is 2970. The first-order valence-electron chi connectivity index (χ1n) is 17.1. The number of para-hydroxylation sites is 2. The summed E-state index contributed by atoms with van der Waals surface area (Å²) in [5.41, 5.74) is 15.4. The normalized spacial score (nSPS) is 12.4. The lowest BCUT2D eigenvalue weighted by Crippen LogP contribution is -1.99. The maximum absolute atomic E-state index is 2.49. The molecule has 0 fully saturated rings. The first-order valence-corrected chi connectivity index (χ1v) is 17.1. The molecule has 1 aliphatic rings. The van der Waals surface area contributed by atoms with E-state index in [0.29, 0.717) is 0 Å². The van der Waals surface area contributed by atoms with Crippen LogP contribution in [0.25, 0.3) is 88.0 Å². The quantitative estimate of drug-likeness (QED) is 0.186. The molecule has 0 atom stereocenters. The van der Waals surface area contributed by atoms with Crippen LogP contribution in [0.2, 0.25) is 0 Å². The van der Waals surface area contributed by atoms with Gasteiger partial charge < -0.3 is 9.13 Å². The van der Waals surface area contributed by atoms with E-state index in [-0.39, 0.29) is 0 Å². The summed E-state index contributed by atoms with van der Waals surface area (Å²) in [6.07, 6.45) is 0.959. The Hall–Kier alpha value is -6.38. The molecular formula is C47H30N2. The molecule has 0 aliphatic heterocycles. The minimum absolute atomic E-state index is 0.959.